The maximum atomic E-state index is 12.4. The molecule has 0 spiro atoms. The number of halogens is 2. The minimum atomic E-state index is -0.283. The van der Waals surface area contributed by atoms with Crippen molar-refractivity contribution in [2.75, 3.05) is 5.75 Å². The summed E-state index contributed by atoms with van der Waals surface area (Å²) in [5, 5.41) is 14.1. The number of amides is 1. The van der Waals surface area contributed by atoms with Crippen molar-refractivity contribution in [2.24, 2.45) is 5.10 Å². The van der Waals surface area contributed by atoms with Crippen LogP contribution in [0.15, 0.2) is 83.1 Å². The molecule has 9 heteroatoms. The molecule has 0 bridgehead atoms. The van der Waals surface area contributed by atoms with E-state index >= 15 is 0 Å². The number of aryl methyl sites for hydroxylation is 1. The highest BCUT2D eigenvalue weighted by Gasteiger charge is 2.17. The first kappa shape index (κ1) is 23.0. The van der Waals surface area contributed by atoms with Crippen molar-refractivity contribution >= 4 is 47.1 Å². The summed E-state index contributed by atoms with van der Waals surface area (Å²) in [5.41, 5.74) is 6.13. The summed E-state index contributed by atoms with van der Waals surface area (Å²) in [5.74, 6) is 0.533. The van der Waals surface area contributed by atoms with E-state index in [0.717, 1.165) is 16.8 Å². The van der Waals surface area contributed by atoms with Crippen LogP contribution >= 0.6 is 35.0 Å². The highest BCUT2D eigenvalue weighted by molar-refractivity contribution is 7.99. The predicted molar refractivity (Wildman–Crippen MR) is 134 cm³/mol. The molecule has 0 atom stereocenters. The molecule has 0 aliphatic heterocycles. The van der Waals surface area contributed by atoms with Crippen LogP contribution in [0.2, 0.25) is 10.0 Å². The van der Waals surface area contributed by atoms with Gasteiger partial charge in [-0.25, -0.2) is 5.43 Å². The number of hydrogen-bond acceptors (Lipinski definition) is 5. The van der Waals surface area contributed by atoms with E-state index in [1.807, 2.05) is 66.1 Å². The fourth-order valence-corrected chi connectivity index (χ4v) is 4.12. The number of hydrazone groups is 1. The fourth-order valence-electron chi connectivity index (χ4n) is 3.02. The maximum absolute atomic E-state index is 12.4. The summed E-state index contributed by atoms with van der Waals surface area (Å²) >= 11 is 13.4. The SMILES string of the molecule is Cc1ccc(-c2nnc(SCC(=O)N/N=C\c3cccc(Cl)c3Cl)n2-c2ccccc2)cc1. The van der Waals surface area contributed by atoms with Crippen LogP contribution in [0.3, 0.4) is 0 Å². The van der Waals surface area contributed by atoms with Gasteiger partial charge in [0.15, 0.2) is 11.0 Å². The number of rotatable bonds is 7. The van der Waals surface area contributed by atoms with Gasteiger partial charge in [0.2, 0.25) is 0 Å². The van der Waals surface area contributed by atoms with Crippen LogP contribution in [0.1, 0.15) is 11.1 Å². The van der Waals surface area contributed by atoms with Crippen molar-refractivity contribution < 1.29 is 4.79 Å². The van der Waals surface area contributed by atoms with E-state index in [0.29, 0.717) is 26.6 Å². The van der Waals surface area contributed by atoms with Gasteiger partial charge in [-0.3, -0.25) is 9.36 Å². The number of para-hydroxylation sites is 1. The van der Waals surface area contributed by atoms with E-state index in [2.05, 4.69) is 20.7 Å². The Balaban J connectivity index is 1.50. The largest absolute Gasteiger partial charge is 0.272 e. The van der Waals surface area contributed by atoms with Gasteiger partial charge in [-0.15, -0.1) is 10.2 Å². The van der Waals surface area contributed by atoms with Gasteiger partial charge in [-0.05, 0) is 25.1 Å². The van der Waals surface area contributed by atoms with Crippen molar-refractivity contribution in [1.29, 1.82) is 0 Å². The lowest BCUT2D eigenvalue weighted by Gasteiger charge is -2.10. The number of hydrogen-bond donors (Lipinski definition) is 1. The third-order valence-electron chi connectivity index (χ3n) is 4.66. The van der Waals surface area contributed by atoms with Gasteiger partial charge in [-0.2, -0.15) is 5.10 Å². The van der Waals surface area contributed by atoms with Gasteiger partial charge in [0.05, 0.1) is 22.0 Å². The van der Waals surface area contributed by atoms with E-state index in [-0.39, 0.29) is 11.7 Å². The van der Waals surface area contributed by atoms with Crippen molar-refractivity contribution in [3.05, 3.63) is 94.0 Å². The Labute approximate surface area is 205 Å². The number of carbonyl (C=O) groups is 1. The standard InChI is InChI=1S/C24H19Cl2N5OS/c1-16-10-12-17(13-11-16)23-29-30-24(31(23)19-7-3-2-4-8-19)33-15-21(32)28-27-14-18-6-5-9-20(25)22(18)26/h2-14H,15H2,1H3,(H,28,32)/b27-14-. The number of carbonyl (C=O) groups excluding carboxylic acids is 1. The minimum absolute atomic E-state index is 0.111. The van der Waals surface area contributed by atoms with Crippen molar-refractivity contribution in [3.8, 4) is 17.1 Å². The lowest BCUT2D eigenvalue weighted by Crippen LogP contribution is -2.20. The van der Waals surface area contributed by atoms with Crippen LogP contribution in [0.5, 0.6) is 0 Å². The van der Waals surface area contributed by atoms with Crippen molar-refractivity contribution in [2.45, 2.75) is 12.1 Å². The van der Waals surface area contributed by atoms with E-state index < -0.39 is 0 Å². The second kappa shape index (κ2) is 10.7. The first-order valence-corrected chi connectivity index (χ1v) is 11.7. The lowest BCUT2D eigenvalue weighted by molar-refractivity contribution is -0.118. The normalized spacial score (nSPS) is 11.1. The van der Waals surface area contributed by atoms with Crippen molar-refractivity contribution in [3.63, 3.8) is 0 Å². The average Bonchev–Trinajstić information content (AvgIpc) is 3.25. The summed E-state index contributed by atoms with van der Waals surface area (Å²) in [4.78, 5) is 12.4. The summed E-state index contributed by atoms with van der Waals surface area (Å²) in [6, 6.07) is 23.1. The van der Waals surface area contributed by atoms with Crippen LogP contribution in [0.4, 0.5) is 0 Å². The number of benzene rings is 3. The molecule has 1 heterocycles. The first-order chi connectivity index (χ1) is 16.0. The van der Waals surface area contributed by atoms with Gasteiger partial charge in [0, 0.05) is 16.8 Å². The molecular weight excluding hydrogens is 477 g/mol. The monoisotopic (exact) mass is 495 g/mol. The highest BCUT2D eigenvalue weighted by Crippen LogP contribution is 2.28. The summed E-state index contributed by atoms with van der Waals surface area (Å²) in [6.07, 6.45) is 1.46. The van der Waals surface area contributed by atoms with E-state index in [1.165, 1.54) is 18.0 Å². The molecule has 0 radical (unpaired) electrons. The van der Waals surface area contributed by atoms with Crippen molar-refractivity contribution in [1.82, 2.24) is 20.2 Å². The molecule has 0 fully saturated rings. The predicted octanol–water partition coefficient (Wildman–Crippen LogP) is 5.79. The third kappa shape index (κ3) is 5.63. The molecule has 33 heavy (non-hydrogen) atoms. The third-order valence-corrected chi connectivity index (χ3v) is 6.43. The maximum Gasteiger partial charge on any atom is 0.250 e. The Morgan fingerprint density at radius 3 is 2.55 bits per heavy atom. The van der Waals surface area contributed by atoms with E-state index in [1.54, 1.807) is 18.2 Å². The smallest absolute Gasteiger partial charge is 0.250 e. The van der Waals surface area contributed by atoms with Gasteiger partial charge < -0.3 is 0 Å². The fraction of sp³-hybridized carbons (Fsp3) is 0.0833. The minimum Gasteiger partial charge on any atom is -0.272 e. The lowest BCUT2D eigenvalue weighted by atomic mass is 10.1. The van der Waals surface area contributed by atoms with E-state index in [9.17, 15) is 4.79 Å². The summed E-state index contributed by atoms with van der Waals surface area (Å²) < 4.78 is 1.94. The highest BCUT2D eigenvalue weighted by atomic mass is 35.5. The molecule has 0 unspecified atom stereocenters. The molecule has 0 aliphatic rings. The Morgan fingerprint density at radius 1 is 1.03 bits per heavy atom. The van der Waals surface area contributed by atoms with Gasteiger partial charge in [-0.1, -0.05) is 95.1 Å². The summed E-state index contributed by atoms with van der Waals surface area (Å²) in [6.45, 7) is 2.04. The van der Waals surface area contributed by atoms with Gasteiger partial charge in [0.1, 0.15) is 0 Å². The molecule has 6 nitrogen and oxygen atoms in total. The number of nitrogens with one attached hydrogen (secondary N) is 1. The topological polar surface area (TPSA) is 72.2 Å². The molecule has 4 aromatic rings. The van der Waals surface area contributed by atoms with Crippen LogP contribution in [0.25, 0.3) is 17.1 Å². The zero-order valence-corrected chi connectivity index (χ0v) is 19.9. The molecule has 166 valence electrons. The van der Waals surface area contributed by atoms with Crippen LogP contribution in [-0.4, -0.2) is 32.6 Å². The zero-order chi connectivity index (χ0) is 23.2. The molecule has 0 saturated heterocycles. The quantitative estimate of drug-likeness (QED) is 0.200. The molecule has 1 amide bonds. The Kier molecular flexibility index (Phi) is 7.44. The average molecular weight is 496 g/mol. The second-order valence-corrected chi connectivity index (χ2v) is 8.80. The molecule has 1 aromatic heterocycles. The number of nitrogens with zero attached hydrogens (tertiary/aromatic N) is 4. The molecule has 4 rings (SSSR count). The van der Waals surface area contributed by atoms with E-state index in [4.69, 9.17) is 23.2 Å². The Hall–Kier alpha value is -3.13. The van der Waals surface area contributed by atoms with Crippen LogP contribution < -0.4 is 5.43 Å². The molecule has 3 aromatic carbocycles. The zero-order valence-electron chi connectivity index (χ0n) is 17.6. The molecular formula is C24H19Cl2N5OS. The molecule has 0 saturated carbocycles. The van der Waals surface area contributed by atoms with Gasteiger partial charge in [0.25, 0.3) is 5.91 Å². The van der Waals surface area contributed by atoms with Crippen LogP contribution in [0, 0.1) is 6.92 Å². The molecule has 1 N–H and O–H groups in total. The first-order valence-electron chi connectivity index (χ1n) is 9.99. The number of aromatic nitrogens is 3. The number of thioether (sulfide) groups is 1. The van der Waals surface area contributed by atoms with Crippen LogP contribution in [-0.2, 0) is 4.79 Å². The second-order valence-electron chi connectivity index (χ2n) is 7.07. The summed E-state index contributed by atoms with van der Waals surface area (Å²) in [7, 11) is 0. The molecule has 0 aliphatic carbocycles. The van der Waals surface area contributed by atoms with Gasteiger partial charge >= 0.3 is 0 Å². The Bertz CT molecular complexity index is 1290. The Morgan fingerprint density at radius 2 is 1.79 bits per heavy atom.